The van der Waals surface area contributed by atoms with E-state index in [-0.39, 0.29) is 11.8 Å². The molecule has 0 spiro atoms. The smallest absolute Gasteiger partial charge is 0.326 e. The third-order valence-electron chi connectivity index (χ3n) is 3.29. The molecule has 0 radical (unpaired) electrons. The first kappa shape index (κ1) is 14.0. The zero-order chi connectivity index (χ0) is 13.0. The number of carbonyl (C=O) groups is 2. The fraction of sp³-hybridized carbons (Fsp3) is 0.833. The molecule has 1 aliphatic heterocycles. The molecule has 5 nitrogen and oxygen atoms in total. The maximum Gasteiger partial charge on any atom is 0.326 e. The standard InChI is InChI=1S/C12H22N2O3/c1-8(2)11(12(16)17)13-10(15)7-14-6-4-5-9(14)3/h8-9,11H,4-7H2,1-3H3,(H,13,15)(H,16,17)/t9-,11+/m0/s1. The van der Waals surface area contributed by atoms with Crippen LogP contribution < -0.4 is 5.32 Å². The van der Waals surface area contributed by atoms with Crippen LogP contribution in [-0.4, -0.2) is 47.1 Å². The van der Waals surface area contributed by atoms with Gasteiger partial charge in [0.15, 0.2) is 0 Å². The van der Waals surface area contributed by atoms with E-state index < -0.39 is 12.0 Å². The first-order valence-corrected chi connectivity index (χ1v) is 6.18. The molecule has 0 bridgehead atoms. The van der Waals surface area contributed by atoms with Crippen molar-refractivity contribution in [3.05, 3.63) is 0 Å². The molecule has 0 unspecified atom stereocenters. The van der Waals surface area contributed by atoms with Gasteiger partial charge in [-0.1, -0.05) is 13.8 Å². The van der Waals surface area contributed by atoms with E-state index in [4.69, 9.17) is 5.11 Å². The van der Waals surface area contributed by atoms with Crippen molar-refractivity contribution in [2.45, 2.75) is 45.7 Å². The van der Waals surface area contributed by atoms with Crippen LogP contribution >= 0.6 is 0 Å². The summed E-state index contributed by atoms with van der Waals surface area (Å²) in [5.41, 5.74) is 0. The second-order valence-electron chi connectivity index (χ2n) is 5.09. The average molecular weight is 242 g/mol. The number of amides is 1. The lowest BCUT2D eigenvalue weighted by atomic mass is 10.0. The van der Waals surface area contributed by atoms with Crippen molar-refractivity contribution in [3.63, 3.8) is 0 Å². The van der Waals surface area contributed by atoms with Crippen LogP contribution in [0, 0.1) is 5.92 Å². The number of rotatable bonds is 5. The fourth-order valence-electron chi connectivity index (χ4n) is 2.14. The van der Waals surface area contributed by atoms with Crippen LogP contribution in [0.2, 0.25) is 0 Å². The Hall–Kier alpha value is -1.10. The number of hydrogen-bond acceptors (Lipinski definition) is 3. The van der Waals surface area contributed by atoms with Crippen LogP contribution in [0.15, 0.2) is 0 Å². The van der Waals surface area contributed by atoms with E-state index >= 15 is 0 Å². The molecule has 0 aromatic carbocycles. The SMILES string of the molecule is CC(C)[C@@H](NC(=O)CN1CCC[C@@H]1C)C(=O)O. The molecule has 1 heterocycles. The number of nitrogens with one attached hydrogen (secondary N) is 1. The van der Waals surface area contributed by atoms with E-state index in [1.54, 1.807) is 13.8 Å². The van der Waals surface area contributed by atoms with E-state index in [1.807, 2.05) is 0 Å². The minimum atomic E-state index is -0.970. The molecule has 1 rings (SSSR count). The van der Waals surface area contributed by atoms with Crippen molar-refractivity contribution in [3.8, 4) is 0 Å². The van der Waals surface area contributed by atoms with Gasteiger partial charge in [-0.05, 0) is 32.2 Å². The summed E-state index contributed by atoms with van der Waals surface area (Å²) in [7, 11) is 0. The van der Waals surface area contributed by atoms with E-state index in [9.17, 15) is 9.59 Å². The Kier molecular flexibility index (Phi) is 4.93. The molecule has 1 amide bonds. The predicted octanol–water partition coefficient (Wildman–Crippen LogP) is 0.696. The van der Waals surface area contributed by atoms with Gasteiger partial charge >= 0.3 is 5.97 Å². The zero-order valence-electron chi connectivity index (χ0n) is 10.8. The van der Waals surface area contributed by atoms with Gasteiger partial charge in [0.1, 0.15) is 6.04 Å². The normalized spacial score (nSPS) is 22.7. The molecule has 2 atom stereocenters. The summed E-state index contributed by atoms with van der Waals surface area (Å²) in [5.74, 6) is -1.27. The number of carbonyl (C=O) groups excluding carboxylic acids is 1. The lowest BCUT2D eigenvalue weighted by Gasteiger charge is -2.23. The highest BCUT2D eigenvalue weighted by atomic mass is 16.4. The summed E-state index contributed by atoms with van der Waals surface area (Å²) >= 11 is 0. The van der Waals surface area contributed by atoms with Crippen molar-refractivity contribution >= 4 is 11.9 Å². The summed E-state index contributed by atoms with van der Waals surface area (Å²) in [6.07, 6.45) is 2.22. The molecule has 0 aliphatic carbocycles. The number of aliphatic carboxylic acids is 1. The van der Waals surface area contributed by atoms with Gasteiger partial charge in [0.2, 0.25) is 5.91 Å². The first-order chi connectivity index (χ1) is 7.91. The first-order valence-electron chi connectivity index (χ1n) is 6.18. The maximum atomic E-state index is 11.7. The van der Waals surface area contributed by atoms with Gasteiger partial charge < -0.3 is 10.4 Å². The molecule has 0 saturated carbocycles. The average Bonchev–Trinajstić information content (AvgIpc) is 2.60. The van der Waals surface area contributed by atoms with E-state index in [0.29, 0.717) is 12.6 Å². The fourth-order valence-corrected chi connectivity index (χ4v) is 2.14. The molecular formula is C12H22N2O3. The summed E-state index contributed by atoms with van der Waals surface area (Å²) < 4.78 is 0. The number of carboxylic acid groups (broad SMARTS) is 1. The van der Waals surface area contributed by atoms with Crippen molar-refractivity contribution in [2.75, 3.05) is 13.1 Å². The summed E-state index contributed by atoms with van der Waals surface area (Å²) in [6.45, 7) is 6.90. The molecule has 98 valence electrons. The predicted molar refractivity (Wildman–Crippen MR) is 64.7 cm³/mol. The molecule has 1 saturated heterocycles. The molecule has 17 heavy (non-hydrogen) atoms. The minimum absolute atomic E-state index is 0.104. The third kappa shape index (κ3) is 4.00. The minimum Gasteiger partial charge on any atom is -0.480 e. The second-order valence-corrected chi connectivity index (χ2v) is 5.09. The summed E-state index contributed by atoms with van der Waals surface area (Å²) in [6, 6.07) is -0.372. The molecule has 1 fully saturated rings. The van der Waals surface area contributed by atoms with Crippen LogP contribution in [0.3, 0.4) is 0 Å². The lowest BCUT2D eigenvalue weighted by Crippen LogP contribution is -2.48. The third-order valence-corrected chi connectivity index (χ3v) is 3.29. The quantitative estimate of drug-likeness (QED) is 0.744. The summed E-state index contributed by atoms with van der Waals surface area (Å²) in [4.78, 5) is 24.8. The van der Waals surface area contributed by atoms with Crippen LogP contribution in [0.4, 0.5) is 0 Å². The Balaban J connectivity index is 2.45. The van der Waals surface area contributed by atoms with Crippen LogP contribution in [-0.2, 0) is 9.59 Å². The van der Waals surface area contributed by atoms with Gasteiger partial charge in [-0.3, -0.25) is 9.69 Å². The Morgan fingerprint density at radius 2 is 2.12 bits per heavy atom. The highest BCUT2D eigenvalue weighted by molar-refractivity contribution is 5.84. The van der Waals surface area contributed by atoms with E-state index in [1.165, 1.54) is 0 Å². The Bertz CT molecular complexity index is 291. The number of nitrogens with zero attached hydrogens (tertiary/aromatic N) is 1. The Labute approximate surface area is 102 Å². The molecule has 5 heteroatoms. The number of likely N-dealkylation sites (tertiary alicyclic amines) is 1. The van der Waals surface area contributed by atoms with Crippen molar-refractivity contribution < 1.29 is 14.7 Å². The van der Waals surface area contributed by atoms with Crippen molar-refractivity contribution in [2.24, 2.45) is 5.92 Å². The second kappa shape index (κ2) is 6.00. The van der Waals surface area contributed by atoms with Gasteiger partial charge in [0.25, 0.3) is 0 Å². The van der Waals surface area contributed by atoms with Gasteiger partial charge in [-0.2, -0.15) is 0 Å². The van der Waals surface area contributed by atoms with E-state index in [0.717, 1.165) is 19.4 Å². The molecule has 0 aromatic rings. The highest BCUT2D eigenvalue weighted by Crippen LogP contribution is 2.15. The Morgan fingerprint density at radius 1 is 1.47 bits per heavy atom. The maximum absolute atomic E-state index is 11.7. The van der Waals surface area contributed by atoms with Gasteiger partial charge in [-0.25, -0.2) is 4.79 Å². The largest absolute Gasteiger partial charge is 0.480 e. The van der Waals surface area contributed by atoms with Gasteiger partial charge in [0, 0.05) is 6.04 Å². The monoisotopic (exact) mass is 242 g/mol. The van der Waals surface area contributed by atoms with E-state index in [2.05, 4.69) is 17.1 Å². The number of carboxylic acids is 1. The zero-order valence-corrected chi connectivity index (χ0v) is 10.8. The van der Waals surface area contributed by atoms with Crippen LogP contribution in [0.25, 0.3) is 0 Å². The lowest BCUT2D eigenvalue weighted by molar-refractivity contribution is -0.143. The number of hydrogen-bond donors (Lipinski definition) is 2. The topological polar surface area (TPSA) is 69.6 Å². The van der Waals surface area contributed by atoms with Crippen LogP contribution in [0.5, 0.6) is 0 Å². The molecule has 2 N–H and O–H groups in total. The van der Waals surface area contributed by atoms with Gasteiger partial charge in [-0.15, -0.1) is 0 Å². The summed E-state index contributed by atoms with van der Waals surface area (Å²) in [5, 5.41) is 11.6. The van der Waals surface area contributed by atoms with Crippen molar-refractivity contribution in [1.82, 2.24) is 10.2 Å². The highest BCUT2D eigenvalue weighted by Gasteiger charge is 2.26. The molecule has 1 aliphatic rings. The van der Waals surface area contributed by atoms with Crippen molar-refractivity contribution in [1.29, 1.82) is 0 Å². The molecule has 0 aromatic heterocycles. The Morgan fingerprint density at radius 3 is 2.53 bits per heavy atom. The molecular weight excluding hydrogens is 220 g/mol. The van der Waals surface area contributed by atoms with Crippen LogP contribution in [0.1, 0.15) is 33.6 Å². The van der Waals surface area contributed by atoms with Gasteiger partial charge in [0.05, 0.1) is 6.54 Å².